The van der Waals surface area contributed by atoms with Crippen LogP contribution < -0.4 is 41.0 Å². The van der Waals surface area contributed by atoms with E-state index in [1.807, 2.05) is 126 Å². The number of pyridine rings is 2. The van der Waals surface area contributed by atoms with Crippen LogP contribution in [0.3, 0.4) is 0 Å². The average molecular weight is 1430 g/mol. The molecule has 2 aromatic heterocycles. The Balaban J connectivity index is 0.000000236. The highest BCUT2D eigenvalue weighted by Crippen LogP contribution is 2.40. The highest BCUT2D eigenvalue weighted by atomic mass is 32.2. The molecule has 0 radical (unpaired) electrons. The molecule has 0 bridgehead atoms. The van der Waals surface area contributed by atoms with Crippen molar-refractivity contribution in [2.45, 2.75) is 137 Å². The van der Waals surface area contributed by atoms with Crippen molar-refractivity contribution >= 4 is 88.0 Å². The molecule has 30 heteroatoms. The number of halogens is 6. The summed E-state index contributed by atoms with van der Waals surface area (Å²) in [5.41, 5.74) is 16.1. The molecule has 2 saturated carbocycles. The lowest BCUT2D eigenvalue weighted by atomic mass is 10.0. The molecule has 2 atom stereocenters. The summed E-state index contributed by atoms with van der Waals surface area (Å²) in [7, 11) is -3.51. The number of alkyl halides is 6. The minimum absolute atomic E-state index is 0.0572. The lowest BCUT2D eigenvalue weighted by Crippen LogP contribution is -2.35. The van der Waals surface area contributed by atoms with Crippen molar-refractivity contribution in [3.05, 3.63) is 168 Å². The van der Waals surface area contributed by atoms with Gasteiger partial charge in [0.25, 0.3) is 0 Å². The lowest BCUT2D eigenvalue weighted by molar-refractivity contribution is -0.193. The molecule has 2 amide bonds. The van der Waals surface area contributed by atoms with E-state index in [-0.39, 0.29) is 57.4 Å². The summed E-state index contributed by atoms with van der Waals surface area (Å²) in [6.45, 7) is 12.7. The number of rotatable bonds is 24. The number of amides is 2. The van der Waals surface area contributed by atoms with Crippen LogP contribution >= 0.6 is 0 Å². The Hall–Kier alpha value is -10.1. The zero-order valence-electron chi connectivity index (χ0n) is 55.8. The van der Waals surface area contributed by atoms with Crippen LogP contribution in [-0.4, -0.2) is 133 Å². The molecule has 536 valence electrons. The number of nitrogens with one attached hydrogen (secondary N) is 2. The molecule has 0 saturated heterocycles. The first-order chi connectivity index (χ1) is 47.0. The molecule has 2 heterocycles. The van der Waals surface area contributed by atoms with E-state index in [4.69, 9.17) is 50.2 Å². The third-order valence-electron chi connectivity index (χ3n) is 15.2. The summed E-state index contributed by atoms with van der Waals surface area (Å²) >= 11 is 0. The molecule has 22 nitrogen and oxygen atoms in total. The first kappa shape index (κ1) is 77.3. The Bertz CT molecular complexity index is 4180. The molecule has 0 spiro atoms. The Morgan fingerprint density at radius 1 is 0.530 bits per heavy atom. The van der Waals surface area contributed by atoms with Crippen LogP contribution in [0.1, 0.15) is 102 Å². The summed E-state index contributed by atoms with van der Waals surface area (Å²) in [4.78, 5) is 58.2. The van der Waals surface area contributed by atoms with Crippen molar-refractivity contribution in [2.75, 3.05) is 49.4 Å². The Labute approximate surface area is 574 Å². The van der Waals surface area contributed by atoms with E-state index in [0.717, 1.165) is 21.5 Å². The van der Waals surface area contributed by atoms with Crippen LogP contribution in [0.25, 0.3) is 21.5 Å². The van der Waals surface area contributed by atoms with Gasteiger partial charge in [0.05, 0.1) is 45.7 Å². The topological polar surface area (TPSA) is 322 Å². The standard InChI is InChI=1S/2C33H38N4O5S.2C2HF3O2/c2*1-5-41-29-19-23(10-15-28(29)42-21(2)3)31(36-25-11-14-27-22(18-25)16-17-35-32(27)34)33(38)37(4)20-24-8-6-7-9-30(24)43(39,40)26-12-13-26;2*3-2(4,5)1(6)7/h2*6-11,14-19,21,26,31,36H,5,12-13,20H2,1-4H3,(H2,34,35);2*(H,6,7)/t2*31-;;/m10../s1. The highest BCUT2D eigenvalue weighted by molar-refractivity contribution is 7.92. The zero-order valence-corrected chi connectivity index (χ0v) is 57.4. The van der Waals surface area contributed by atoms with Crippen LogP contribution in [0.2, 0.25) is 0 Å². The van der Waals surface area contributed by atoms with Crippen molar-refractivity contribution in [1.82, 2.24) is 19.8 Å². The molecule has 2 fully saturated rings. The number of benzene rings is 6. The largest absolute Gasteiger partial charge is 0.490 e. The van der Waals surface area contributed by atoms with E-state index in [1.165, 1.54) is 0 Å². The average Bonchev–Trinajstić information content (AvgIpc) is 1.52. The van der Waals surface area contributed by atoms with Gasteiger partial charge in [-0.15, -0.1) is 0 Å². The van der Waals surface area contributed by atoms with E-state index in [2.05, 4.69) is 20.6 Å². The number of aromatic nitrogens is 2. The van der Waals surface area contributed by atoms with Crippen molar-refractivity contribution in [3.63, 3.8) is 0 Å². The maximum Gasteiger partial charge on any atom is 0.490 e. The van der Waals surface area contributed by atoms with E-state index in [0.29, 0.717) is 107 Å². The number of sulfone groups is 2. The normalized spacial score (nSPS) is 13.6. The van der Waals surface area contributed by atoms with Crippen molar-refractivity contribution < 1.29 is 91.5 Å². The van der Waals surface area contributed by atoms with Gasteiger partial charge >= 0.3 is 24.3 Å². The van der Waals surface area contributed by atoms with Gasteiger partial charge in [-0.25, -0.2) is 36.4 Å². The molecular formula is C70H78F6N8O14S2. The number of nitrogen functional groups attached to an aromatic ring is 2. The van der Waals surface area contributed by atoms with Crippen LogP contribution in [0, 0.1) is 0 Å². The molecule has 2 aliphatic rings. The van der Waals surface area contributed by atoms with Gasteiger partial charge in [-0.3, -0.25) is 9.59 Å². The number of hydrogen-bond donors (Lipinski definition) is 6. The molecule has 0 aliphatic heterocycles. The molecular weight excluding hydrogens is 1350 g/mol. The third-order valence-corrected chi connectivity index (χ3v) is 19.9. The fourth-order valence-electron chi connectivity index (χ4n) is 10.2. The van der Waals surface area contributed by atoms with E-state index in [1.54, 1.807) is 84.8 Å². The molecule has 8 N–H and O–H groups in total. The Morgan fingerprint density at radius 3 is 1.18 bits per heavy atom. The van der Waals surface area contributed by atoms with Gasteiger partial charge in [0.2, 0.25) is 11.8 Å². The Kier molecular flexibility index (Phi) is 25.6. The van der Waals surface area contributed by atoms with E-state index in [9.17, 15) is 52.8 Å². The number of likely N-dealkylation sites (N-methyl/N-ethyl adjacent to an activating group) is 2. The predicted molar refractivity (Wildman–Crippen MR) is 365 cm³/mol. The minimum atomic E-state index is -5.08. The van der Waals surface area contributed by atoms with Gasteiger partial charge in [0, 0.05) is 61.7 Å². The second-order valence-corrected chi connectivity index (χ2v) is 28.1. The summed E-state index contributed by atoms with van der Waals surface area (Å²) in [6.07, 6.45) is -4.31. The summed E-state index contributed by atoms with van der Waals surface area (Å²) in [5.74, 6) is -2.89. The van der Waals surface area contributed by atoms with Gasteiger partial charge in [0.1, 0.15) is 23.7 Å². The summed E-state index contributed by atoms with van der Waals surface area (Å²) in [6, 6.07) is 38.2. The number of nitrogens with zero attached hydrogens (tertiary/aromatic N) is 4. The van der Waals surface area contributed by atoms with Crippen molar-refractivity contribution in [2.24, 2.45) is 0 Å². The van der Waals surface area contributed by atoms with Gasteiger partial charge < -0.3 is 61.1 Å². The Morgan fingerprint density at radius 2 is 0.870 bits per heavy atom. The maximum atomic E-state index is 14.2. The number of carbonyl (C=O) groups excluding carboxylic acids is 2. The molecule has 0 unspecified atom stereocenters. The van der Waals surface area contributed by atoms with Crippen molar-refractivity contribution in [3.8, 4) is 23.0 Å². The number of anilines is 4. The molecule has 100 heavy (non-hydrogen) atoms. The zero-order chi connectivity index (χ0) is 73.6. The molecule has 8 aromatic rings. The predicted octanol–water partition coefficient (Wildman–Crippen LogP) is 12.8. The van der Waals surface area contributed by atoms with E-state index >= 15 is 0 Å². The van der Waals surface area contributed by atoms with E-state index < -0.39 is 56.0 Å². The summed E-state index contributed by atoms with van der Waals surface area (Å²) < 4.78 is 140. The second-order valence-electron chi connectivity index (χ2n) is 23.7. The van der Waals surface area contributed by atoms with Gasteiger partial charge in [0.15, 0.2) is 42.7 Å². The monoisotopic (exact) mass is 1430 g/mol. The van der Waals surface area contributed by atoms with Crippen LogP contribution in [0.5, 0.6) is 23.0 Å². The highest BCUT2D eigenvalue weighted by Gasteiger charge is 2.41. The molecule has 6 aromatic carbocycles. The summed E-state index contributed by atoms with van der Waals surface area (Å²) in [5, 5.41) is 23.8. The van der Waals surface area contributed by atoms with Crippen LogP contribution in [0.15, 0.2) is 156 Å². The SMILES string of the molecule is CCOc1cc([C@@H](Nc2ccc3c(N)nccc3c2)C(=O)N(C)Cc2ccccc2S(=O)(=O)C2CC2)ccc1OC(C)C.CCOc1cc([C@H](Nc2ccc3c(N)nccc3c2)C(=O)N(C)Cc2ccccc2S(=O)(=O)C2CC2)ccc1OC(C)C.O=C(O)C(F)(F)F.O=C(O)C(F)(F)F. The number of carboxylic acid groups (broad SMARTS) is 2. The van der Waals surface area contributed by atoms with Gasteiger partial charge in [-0.1, -0.05) is 48.5 Å². The maximum absolute atomic E-state index is 14.2. The smallest absolute Gasteiger partial charge is 0.490 e. The number of carboxylic acids is 2. The number of nitrogens with two attached hydrogens (primary N) is 2. The van der Waals surface area contributed by atoms with Gasteiger partial charge in [-0.2, -0.15) is 26.3 Å². The van der Waals surface area contributed by atoms with Crippen molar-refractivity contribution in [1.29, 1.82) is 0 Å². The number of aliphatic carboxylic acids is 2. The van der Waals surface area contributed by atoms with Crippen LogP contribution in [-0.2, 0) is 51.9 Å². The number of carbonyl (C=O) groups is 4. The van der Waals surface area contributed by atoms with Crippen LogP contribution in [0.4, 0.5) is 49.4 Å². The number of hydrogen-bond acceptors (Lipinski definition) is 18. The third kappa shape index (κ3) is 20.5. The lowest BCUT2D eigenvalue weighted by Gasteiger charge is -2.27. The first-order valence-electron chi connectivity index (χ1n) is 31.5. The number of fused-ring (bicyclic) bond motifs is 2. The van der Waals surface area contributed by atoms with Gasteiger partial charge in [-0.05, 0) is 185 Å². The fourth-order valence-corrected chi connectivity index (χ4v) is 14.0. The fraction of sp³-hybridized carbons (Fsp3) is 0.343. The molecule has 2 aliphatic carbocycles. The second kappa shape index (κ2) is 33.2. The number of ether oxygens (including phenoxy) is 4. The quantitative estimate of drug-likeness (QED) is 0.0306. The first-order valence-corrected chi connectivity index (χ1v) is 34.6. The minimum Gasteiger partial charge on any atom is -0.490 e. The molecule has 10 rings (SSSR count).